The number of anilines is 1. The van der Waals surface area contributed by atoms with E-state index in [1.165, 1.54) is 24.8 Å². The molecule has 16 heavy (non-hydrogen) atoms. The van der Waals surface area contributed by atoms with E-state index in [9.17, 15) is 9.18 Å². The van der Waals surface area contributed by atoms with Crippen LogP contribution in [-0.2, 0) is 4.79 Å². The van der Waals surface area contributed by atoms with Gasteiger partial charge in [0.1, 0.15) is 5.82 Å². The van der Waals surface area contributed by atoms with E-state index in [-0.39, 0.29) is 10.8 Å². The van der Waals surface area contributed by atoms with Crippen LogP contribution >= 0.6 is 11.8 Å². The summed E-state index contributed by atoms with van der Waals surface area (Å²) < 4.78 is 13.3. The number of halogens is 1. The summed E-state index contributed by atoms with van der Waals surface area (Å²) in [6.07, 6.45) is 3.58. The summed E-state index contributed by atoms with van der Waals surface area (Å²) in [7, 11) is 0. The Bertz CT molecular complexity index is 407. The second kappa shape index (κ2) is 6.30. The van der Waals surface area contributed by atoms with E-state index in [2.05, 4.69) is 5.43 Å². The summed E-state index contributed by atoms with van der Waals surface area (Å²) in [5, 5.41) is 0.0681. The molecule has 0 radical (unpaired) electrons. The maximum atomic E-state index is 13.3. The van der Waals surface area contributed by atoms with Crippen LogP contribution in [0, 0.1) is 5.82 Å². The third kappa shape index (κ3) is 4.04. The van der Waals surface area contributed by atoms with Gasteiger partial charge >= 0.3 is 0 Å². The van der Waals surface area contributed by atoms with Crippen LogP contribution in [0.1, 0.15) is 12.5 Å². The summed E-state index contributed by atoms with van der Waals surface area (Å²) in [5.41, 5.74) is 3.25. The molecule has 0 unspecified atom stereocenters. The molecule has 5 heteroatoms. The van der Waals surface area contributed by atoms with E-state index in [1.807, 2.05) is 6.08 Å². The van der Waals surface area contributed by atoms with Crippen LogP contribution in [0.4, 0.5) is 10.1 Å². The Morgan fingerprint density at radius 1 is 1.62 bits per heavy atom. The fraction of sp³-hybridized carbons (Fsp3) is 0.182. The van der Waals surface area contributed by atoms with Crippen molar-refractivity contribution in [3.8, 4) is 0 Å². The molecule has 0 heterocycles. The number of rotatable bonds is 4. The third-order valence-electron chi connectivity index (χ3n) is 1.84. The van der Waals surface area contributed by atoms with Gasteiger partial charge in [0.15, 0.2) is 5.12 Å². The minimum atomic E-state index is -0.399. The van der Waals surface area contributed by atoms with E-state index in [0.29, 0.717) is 5.75 Å². The molecule has 0 spiro atoms. The van der Waals surface area contributed by atoms with Gasteiger partial charge in [-0.25, -0.2) is 4.39 Å². The lowest BCUT2D eigenvalue weighted by atomic mass is 10.2. The zero-order valence-electron chi connectivity index (χ0n) is 8.87. The Hall–Kier alpha value is -1.33. The molecule has 0 saturated carbocycles. The molecule has 0 aliphatic heterocycles. The second-order valence-corrected chi connectivity index (χ2v) is 4.29. The summed E-state index contributed by atoms with van der Waals surface area (Å²) in [6, 6.07) is 4.68. The monoisotopic (exact) mass is 240 g/mol. The zero-order chi connectivity index (χ0) is 12.0. The van der Waals surface area contributed by atoms with Crippen molar-refractivity contribution in [1.82, 2.24) is 0 Å². The first-order valence-electron chi connectivity index (χ1n) is 4.69. The quantitative estimate of drug-likeness (QED) is 0.627. The van der Waals surface area contributed by atoms with E-state index in [1.54, 1.807) is 18.2 Å². The van der Waals surface area contributed by atoms with Crippen LogP contribution in [-0.4, -0.2) is 10.9 Å². The number of hydrogen-bond acceptors (Lipinski definition) is 4. The zero-order valence-corrected chi connectivity index (χ0v) is 9.68. The highest BCUT2D eigenvalue weighted by molar-refractivity contribution is 8.13. The molecule has 3 N–H and O–H groups in total. The van der Waals surface area contributed by atoms with Crippen LogP contribution in [0.25, 0.3) is 6.08 Å². The van der Waals surface area contributed by atoms with Gasteiger partial charge in [-0.2, -0.15) is 0 Å². The number of benzene rings is 1. The molecule has 0 amide bonds. The second-order valence-electron chi connectivity index (χ2n) is 3.09. The van der Waals surface area contributed by atoms with E-state index >= 15 is 0 Å². The number of nitrogen functional groups attached to an aromatic ring is 1. The van der Waals surface area contributed by atoms with Crippen molar-refractivity contribution in [2.45, 2.75) is 6.92 Å². The van der Waals surface area contributed by atoms with Gasteiger partial charge < -0.3 is 5.43 Å². The molecular formula is C11H13FN2OS. The van der Waals surface area contributed by atoms with Gasteiger partial charge in [0.25, 0.3) is 0 Å². The number of nitrogens with one attached hydrogen (secondary N) is 1. The topological polar surface area (TPSA) is 55.1 Å². The van der Waals surface area contributed by atoms with Crippen molar-refractivity contribution >= 4 is 28.6 Å². The van der Waals surface area contributed by atoms with Crippen LogP contribution in [0.2, 0.25) is 0 Å². The van der Waals surface area contributed by atoms with Crippen molar-refractivity contribution in [3.63, 3.8) is 0 Å². The molecule has 1 aromatic rings. The Labute approximate surface area is 97.9 Å². The van der Waals surface area contributed by atoms with E-state index < -0.39 is 5.82 Å². The highest BCUT2D eigenvalue weighted by atomic mass is 32.2. The predicted octanol–water partition coefficient (Wildman–Crippen LogP) is 2.40. The summed E-state index contributed by atoms with van der Waals surface area (Å²) in [6.45, 7) is 1.51. The number of thioether (sulfide) groups is 1. The maximum Gasteiger partial charge on any atom is 0.186 e. The van der Waals surface area contributed by atoms with Gasteiger partial charge in [0.05, 0.1) is 5.69 Å². The van der Waals surface area contributed by atoms with Gasteiger partial charge in [0.2, 0.25) is 0 Å². The summed E-state index contributed by atoms with van der Waals surface area (Å²) in [4.78, 5) is 10.6. The first kappa shape index (κ1) is 12.7. The molecule has 1 aromatic carbocycles. The molecule has 0 aliphatic carbocycles. The summed E-state index contributed by atoms with van der Waals surface area (Å²) >= 11 is 1.21. The Balaban J connectivity index is 2.61. The van der Waals surface area contributed by atoms with Crippen molar-refractivity contribution in [3.05, 3.63) is 35.7 Å². The summed E-state index contributed by atoms with van der Waals surface area (Å²) in [5.74, 6) is 5.30. The third-order valence-corrected chi connectivity index (χ3v) is 2.61. The number of hydrogen-bond donors (Lipinski definition) is 2. The molecule has 0 fully saturated rings. The number of hydrazine groups is 1. The minimum absolute atomic E-state index is 0.0681. The largest absolute Gasteiger partial charge is 0.321 e. The van der Waals surface area contributed by atoms with Crippen molar-refractivity contribution in [2.24, 2.45) is 5.84 Å². The Morgan fingerprint density at radius 3 is 2.94 bits per heavy atom. The number of carbonyl (C=O) groups is 1. The van der Waals surface area contributed by atoms with Gasteiger partial charge in [-0.1, -0.05) is 30.0 Å². The highest BCUT2D eigenvalue weighted by Crippen LogP contribution is 2.15. The first-order chi connectivity index (χ1) is 7.63. The van der Waals surface area contributed by atoms with Gasteiger partial charge in [-0.15, -0.1) is 0 Å². The van der Waals surface area contributed by atoms with Crippen LogP contribution < -0.4 is 11.3 Å². The normalized spacial score (nSPS) is 10.7. The fourth-order valence-electron chi connectivity index (χ4n) is 1.10. The van der Waals surface area contributed by atoms with E-state index in [0.717, 1.165) is 5.56 Å². The minimum Gasteiger partial charge on any atom is -0.321 e. The maximum absolute atomic E-state index is 13.3. The Kier molecular flexibility index (Phi) is 5.01. The van der Waals surface area contributed by atoms with Crippen LogP contribution in [0.3, 0.4) is 0 Å². The molecule has 86 valence electrons. The van der Waals surface area contributed by atoms with Crippen molar-refractivity contribution in [2.75, 3.05) is 11.2 Å². The molecule has 0 aliphatic rings. The lowest BCUT2D eigenvalue weighted by Crippen LogP contribution is -2.08. The lowest BCUT2D eigenvalue weighted by molar-refractivity contribution is -0.109. The number of carbonyl (C=O) groups excluding carboxylic acids is 1. The van der Waals surface area contributed by atoms with Gasteiger partial charge in [0, 0.05) is 12.7 Å². The van der Waals surface area contributed by atoms with Crippen molar-refractivity contribution < 1.29 is 9.18 Å². The predicted molar refractivity (Wildman–Crippen MR) is 66.4 cm³/mol. The van der Waals surface area contributed by atoms with Gasteiger partial charge in [-0.3, -0.25) is 10.6 Å². The molecule has 0 saturated heterocycles. The number of nitrogens with two attached hydrogens (primary N) is 1. The molecule has 0 bridgehead atoms. The SMILES string of the molecule is CC(=O)SCC=Cc1ccc(NN)c(F)c1. The molecule has 1 rings (SSSR count). The molecular weight excluding hydrogens is 227 g/mol. The molecule has 0 aromatic heterocycles. The highest BCUT2D eigenvalue weighted by Gasteiger charge is 1.99. The van der Waals surface area contributed by atoms with Gasteiger partial charge in [-0.05, 0) is 17.7 Å². The lowest BCUT2D eigenvalue weighted by Gasteiger charge is -2.02. The van der Waals surface area contributed by atoms with Crippen molar-refractivity contribution in [1.29, 1.82) is 0 Å². The average molecular weight is 240 g/mol. The van der Waals surface area contributed by atoms with Crippen LogP contribution in [0.15, 0.2) is 24.3 Å². The molecule has 3 nitrogen and oxygen atoms in total. The standard InChI is InChI=1S/C11H13FN2OS/c1-8(15)16-6-2-3-9-4-5-11(14-13)10(12)7-9/h2-5,7,14H,6,13H2,1H3. The van der Waals surface area contributed by atoms with E-state index in [4.69, 9.17) is 5.84 Å². The fourth-order valence-corrected chi connectivity index (χ4v) is 1.53. The molecule has 0 atom stereocenters. The average Bonchev–Trinajstić information content (AvgIpc) is 2.24. The first-order valence-corrected chi connectivity index (χ1v) is 5.68. The van der Waals surface area contributed by atoms with Crippen LogP contribution in [0.5, 0.6) is 0 Å². The Morgan fingerprint density at radius 2 is 2.38 bits per heavy atom. The smallest absolute Gasteiger partial charge is 0.186 e.